The number of carbonyl (C=O) groups excluding carboxylic acids is 1. The highest BCUT2D eigenvalue weighted by Crippen LogP contribution is 2.65. The van der Waals surface area contributed by atoms with Gasteiger partial charge in [-0.05, 0) is 53.7 Å². The Morgan fingerprint density at radius 3 is 2.57 bits per heavy atom. The molecule has 1 aliphatic heterocycles. The third-order valence-corrected chi connectivity index (χ3v) is 9.82. The van der Waals surface area contributed by atoms with Crippen LogP contribution < -0.4 is 15.8 Å². The van der Waals surface area contributed by atoms with Crippen LogP contribution in [0.1, 0.15) is 23.7 Å². The van der Waals surface area contributed by atoms with E-state index in [0.29, 0.717) is 10.8 Å². The number of amides is 1. The van der Waals surface area contributed by atoms with Crippen LogP contribution in [0.2, 0.25) is 5.02 Å². The molecule has 0 radical (unpaired) electrons. The van der Waals surface area contributed by atoms with E-state index >= 15 is 8.78 Å². The molecular weight excluding hydrogens is 728 g/mol. The molecule has 4 N–H and O–H groups in total. The fraction of sp³-hybridized carbons (Fsp3) is 0.355. The number of rotatable bonds is 10. The summed E-state index contributed by atoms with van der Waals surface area (Å²) in [6, 6.07) is 2.53. The number of nitrogens with one attached hydrogen (secondary N) is 2. The molecule has 7 rings (SSSR count). The number of halogens is 7. The second kappa shape index (κ2) is 12.2. The number of benzene rings is 2. The molecule has 0 saturated heterocycles. The molecule has 2 aromatic heterocycles. The summed E-state index contributed by atoms with van der Waals surface area (Å²) in [6.45, 7) is -0.879. The number of azo groups is 2. The number of sulfonamides is 1. The van der Waals surface area contributed by atoms with E-state index in [4.69, 9.17) is 17.3 Å². The first-order valence-corrected chi connectivity index (χ1v) is 17.6. The van der Waals surface area contributed by atoms with E-state index in [2.05, 4.69) is 30.2 Å². The minimum absolute atomic E-state index is 0.0131. The number of allylic oxidation sites excluding steroid dienone is 1. The first-order valence-electron chi connectivity index (χ1n) is 15.3. The maximum Gasteiger partial charge on any atom is 0.335 e. The second-order valence-corrected chi connectivity index (χ2v) is 14.8. The number of hydrogen-bond donors (Lipinski definition) is 3. The summed E-state index contributed by atoms with van der Waals surface area (Å²) >= 11 is 6.49. The number of fused-ring (bicyclic) bond motifs is 3. The normalized spacial score (nSPS) is 21.1. The monoisotopic (exact) mass is 754 g/mol. The molecule has 1 amide bonds. The lowest BCUT2D eigenvalue weighted by Gasteiger charge is -2.21. The van der Waals surface area contributed by atoms with E-state index in [-0.39, 0.29) is 68.5 Å². The van der Waals surface area contributed by atoms with Gasteiger partial charge >= 0.3 is 5.92 Å². The van der Waals surface area contributed by atoms with Crippen molar-refractivity contribution in [2.45, 2.75) is 37.3 Å². The number of hydrogen-bond acceptors (Lipinski definition) is 8. The van der Waals surface area contributed by atoms with E-state index in [1.807, 2.05) is 0 Å². The standard InChI is InChI=1S/C31H26ClF6N9O3S/c1-46-27-15(3-4-18(32)23(27)30(44-46)45-51(2,49)50)24-25(40-10-20(39)42-24)19(7-12-5-13(33)8-14(34)6-12)41-21(48)11-47-28-22(26(43-47)29(35)36)16-9-17(16)31(28,37)38/h3-6,8,10,16-17,19,26,29H,7,9,11H2,1-2H3,(H3-,39,41,42,44,45,48)/p+1/t16-,17+,19-,26?/m0/s1. The predicted molar refractivity (Wildman–Crippen MR) is 171 cm³/mol. The third kappa shape index (κ3) is 6.25. The minimum Gasteiger partial charge on any atom is -0.382 e. The van der Waals surface area contributed by atoms with E-state index in [1.165, 1.54) is 23.9 Å². The molecule has 1 saturated carbocycles. The van der Waals surface area contributed by atoms with Crippen LogP contribution in [0.5, 0.6) is 0 Å². The zero-order chi connectivity index (χ0) is 36.7. The van der Waals surface area contributed by atoms with Crippen molar-refractivity contribution >= 4 is 50.1 Å². The van der Waals surface area contributed by atoms with Gasteiger partial charge in [0.25, 0.3) is 24.6 Å². The van der Waals surface area contributed by atoms with E-state index in [9.17, 15) is 30.8 Å². The van der Waals surface area contributed by atoms with Crippen LogP contribution >= 0.6 is 11.6 Å². The van der Waals surface area contributed by atoms with Crippen molar-refractivity contribution < 1.29 is 44.3 Å². The molecule has 1 unspecified atom stereocenters. The van der Waals surface area contributed by atoms with E-state index in [1.54, 1.807) is 0 Å². The summed E-state index contributed by atoms with van der Waals surface area (Å²) in [5.41, 5.74) is 5.73. The number of nitrogen functional groups attached to an aromatic ring is 1. The van der Waals surface area contributed by atoms with Gasteiger partial charge in [-0.3, -0.25) is 19.2 Å². The number of carbonyl (C=O) groups is 1. The number of alkyl halides is 4. The van der Waals surface area contributed by atoms with Crippen LogP contribution in [0.15, 0.2) is 52.9 Å². The van der Waals surface area contributed by atoms with E-state index < -0.39 is 76.1 Å². The first kappa shape index (κ1) is 34.7. The Hall–Kier alpha value is -4.78. The second-order valence-electron chi connectivity index (χ2n) is 12.6. The molecule has 3 aliphatic rings. The van der Waals surface area contributed by atoms with Gasteiger partial charge in [0.2, 0.25) is 16.1 Å². The molecule has 4 atom stereocenters. The number of aromatic nitrogens is 4. The summed E-state index contributed by atoms with van der Waals surface area (Å²) in [7, 11) is -2.31. The highest BCUT2D eigenvalue weighted by Gasteiger charge is 2.74. The maximum absolute atomic E-state index is 15.2. The average molecular weight is 755 g/mol. The zero-order valence-electron chi connectivity index (χ0n) is 26.5. The van der Waals surface area contributed by atoms with Crippen molar-refractivity contribution in [1.29, 1.82) is 0 Å². The molecule has 1 fully saturated rings. The maximum atomic E-state index is 15.2. The van der Waals surface area contributed by atoms with Gasteiger partial charge in [-0.25, -0.2) is 31.0 Å². The van der Waals surface area contributed by atoms with Crippen LogP contribution in [-0.2, 0) is 28.3 Å². The third-order valence-electron chi connectivity index (χ3n) is 8.94. The van der Waals surface area contributed by atoms with Gasteiger partial charge in [0.05, 0.1) is 45.8 Å². The molecule has 2 aromatic carbocycles. The Bertz CT molecular complexity index is 2300. The van der Waals surface area contributed by atoms with Crippen LogP contribution in [0.4, 0.5) is 38.0 Å². The summed E-state index contributed by atoms with van der Waals surface area (Å²) < 4.78 is 115. The van der Waals surface area contributed by atoms with Gasteiger partial charge in [0.1, 0.15) is 17.5 Å². The van der Waals surface area contributed by atoms with Crippen LogP contribution in [0.25, 0.3) is 22.2 Å². The summed E-state index contributed by atoms with van der Waals surface area (Å²) in [5, 5.41) is 11.0. The Morgan fingerprint density at radius 1 is 1.20 bits per heavy atom. The number of nitrogens with two attached hydrogens (primary N) is 1. The zero-order valence-corrected chi connectivity index (χ0v) is 28.1. The number of nitrogens with zero attached hydrogens (tertiary/aromatic N) is 6. The molecule has 3 heterocycles. The fourth-order valence-electron chi connectivity index (χ4n) is 6.98. The van der Waals surface area contributed by atoms with E-state index in [0.717, 1.165) is 24.6 Å². The molecule has 20 heteroatoms. The largest absolute Gasteiger partial charge is 0.382 e. The summed E-state index contributed by atoms with van der Waals surface area (Å²) in [4.78, 5) is 22.5. The summed E-state index contributed by atoms with van der Waals surface area (Å²) in [5.74, 6) is -8.34. The van der Waals surface area contributed by atoms with Crippen LogP contribution in [0.3, 0.4) is 0 Å². The Morgan fingerprint density at radius 2 is 1.90 bits per heavy atom. The van der Waals surface area contributed by atoms with Crippen molar-refractivity contribution in [1.82, 2.24) is 25.1 Å². The molecule has 2 aliphatic carbocycles. The van der Waals surface area contributed by atoms with Crippen LogP contribution in [-0.4, -0.2) is 70.0 Å². The van der Waals surface area contributed by atoms with Gasteiger partial charge in [0.15, 0.2) is 5.82 Å². The SMILES string of the molecule is Cn1nc(NS(C)(=O)=O)c2c(Cl)ccc(-c3nc(N)cnc3[C@H](Cc3cc(F)cc(F)c3)NC(=O)C[N+]3=NC(C(F)F)C4=C3C(F)(F)[C@@H]3C[C@H]43)c21. The van der Waals surface area contributed by atoms with Gasteiger partial charge in [-0.1, -0.05) is 16.3 Å². The number of aryl methyl sites for hydroxylation is 1. The molecule has 12 nitrogen and oxygen atoms in total. The lowest BCUT2D eigenvalue weighted by molar-refractivity contribution is -0.548. The molecule has 4 aromatic rings. The molecule has 51 heavy (non-hydrogen) atoms. The first-order chi connectivity index (χ1) is 23.9. The highest BCUT2D eigenvalue weighted by molar-refractivity contribution is 7.92. The molecule has 0 bridgehead atoms. The smallest absolute Gasteiger partial charge is 0.335 e. The van der Waals surface area contributed by atoms with Gasteiger partial charge in [0, 0.05) is 30.2 Å². The average Bonchev–Trinajstić information content (AvgIpc) is 3.56. The van der Waals surface area contributed by atoms with Crippen molar-refractivity contribution in [3.8, 4) is 11.3 Å². The van der Waals surface area contributed by atoms with Gasteiger partial charge < -0.3 is 11.1 Å². The van der Waals surface area contributed by atoms with Crippen molar-refractivity contribution in [3.05, 3.63) is 75.7 Å². The van der Waals surface area contributed by atoms with Crippen molar-refractivity contribution in [3.63, 3.8) is 0 Å². The van der Waals surface area contributed by atoms with Crippen molar-refractivity contribution in [2.75, 3.05) is 23.3 Å². The van der Waals surface area contributed by atoms with Gasteiger partial charge in [-0.15, -0.1) is 0 Å². The molecular formula is C31H27ClF6N9O3S+. The lowest BCUT2D eigenvalue weighted by Crippen LogP contribution is -2.38. The van der Waals surface area contributed by atoms with Gasteiger partial charge in [-0.2, -0.15) is 13.9 Å². The highest BCUT2D eigenvalue weighted by atomic mass is 35.5. The Labute approximate surface area is 290 Å². The topological polar surface area (TPSA) is 160 Å². The summed E-state index contributed by atoms with van der Waals surface area (Å²) in [6.07, 6.45) is -1.26. The molecule has 268 valence electrons. The molecule has 0 spiro atoms. The lowest BCUT2D eigenvalue weighted by atomic mass is 9.97. The Kier molecular flexibility index (Phi) is 8.27. The quantitative estimate of drug-likeness (QED) is 0.152. The van der Waals surface area contributed by atoms with Crippen LogP contribution in [0, 0.1) is 23.5 Å². The minimum atomic E-state index is -3.81. The number of anilines is 2. The fourth-order valence-corrected chi connectivity index (χ4v) is 7.71. The predicted octanol–water partition coefficient (Wildman–Crippen LogP) is 4.97. The Balaban J connectivity index is 1.31. The van der Waals surface area contributed by atoms with Crippen molar-refractivity contribution in [2.24, 2.45) is 24.0 Å².